The SMILES string of the molecule is C[C@@]1(c2cc(NC(=O)c3cncnc3)ccc2F)COCC(N)=N1. The molecule has 0 saturated carbocycles. The van der Waals surface area contributed by atoms with Gasteiger partial charge in [0.15, 0.2) is 0 Å². The van der Waals surface area contributed by atoms with E-state index in [1.165, 1.54) is 36.9 Å². The molecule has 1 aromatic carbocycles. The van der Waals surface area contributed by atoms with Crippen molar-refractivity contribution >= 4 is 17.4 Å². The molecule has 24 heavy (non-hydrogen) atoms. The van der Waals surface area contributed by atoms with Gasteiger partial charge < -0.3 is 15.8 Å². The number of amidine groups is 1. The van der Waals surface area contributed by atoms with Gasteiger partial charge in [-0.15, -0.1) is 0 Å². The number of hydrogen-bond donors (Lipinski definition) is 2. The summed E-state index contributed by atoms with van der Waals surface area (Å²) >= 11 is 0. The molecule has 0 unspecified atom stereocenters. The number of benzene rings is 1. The third-order valence-corrected chi connectivity index (χ3v) is 3.65. The number of nitrogens with two attached hydrogens (primary N) is 1. The van der Waals surface area contributed by atoms with Crippen molar-refractivity contribution in [2.45, 2.75) is 12.5 Å². The van der Waals surface area contributed by atoms with E-state index in [4.69, 9.17) is 10.5 Å². The molecule has 0 radical (unpaired) electrons. The summed E-state index contributed by atoms with van der Waals surface area (Å²) < 4.78 is 19.7. The van der Waals surface area contributed by atoms with E-state index in [2.05, 4.69) is 20.3 Å². The number of carbonyl (C=O) groups is 1. The van der Waals surface area contributed by atoms with Crippen molar-refractivity contribution in [2.75, 3.05) is 18.5 Å². The lowest BCUT2D eigenvalue weighted by atomic mass is 9.92. The lowest BCUT2D eigenvalue weighted by Gasteiger charge is -2.30. The predicted molar refractivity (Wildman–Crippen MR) is 86.2 cm³/mol. The number of amides is 1. The minimum absolute atomic E-state index is 0.203. The molecule has 0 aliphatic carbocycles. The predicted octanol–water partition coefficient (Wildman–Crippen LogP) is 1.47. The number of ether oxygens (including phenoxy) is 1. The minimum Gasteiger partial charge on any atom is -0.386 e. The molecular formula is C16H16FN5O2. The number of nitrogens with zero attached hydrogens (tertiary/aromatic N) is 3. The quantitative estimate of drug-likeness (QED) is 0.888. The molecule has 1 aliphatic heterocycles. The molecule has 124 valence electrons. The lowest BCUT2D eigenvalue weighted by Crippen LogP contribution is -2.38. The molecule has 1 aromatic heterocycles. The van der Waals surface area contributed by atoms with E-state index in [1.54, 1.807) is 6.92 Å². The monoisotopic (exact) mass is 329 g/mol. The Bertz CT molecular complexity index is 796. The van der Waals surface area contributed by atoms with Crippen molar-refractivity contribution in [3.05, 3.63) is 53.9 Å². The summed E-state index contributed by atoms with van der Waals surface area (Å²) in [5.74, 6) is -0.527. The van der Waals surface area contributed by atoms with Gasteiger partial charge in [-0.3, -0.25) is 9.79 Å². The highest BCUT2D eigenvalue weighted by Crippen LogP contribution is 2.32. The summed E-state index contributed by atoms with van der Waals surface area (Å²) in [7, 11) is 0. The molecule has 2 heterocycles. The fourth-order valence-electron chi connectivity index (χ4n) is 2.51. The molecule has 7 nitrogen and oxygen atoms in total. The first-order valence-corrected chi connectivity index (χ1v) is 7.26. The highest BCUT2D eigenvalue weighted by atomic mass is 19.1. The Morgan fingerprint density at radius 2 is 2.12 bits per heavy atom. The zero-order chi connectivity index (χ0) is 17.2. The van der Waals surface area contributed by atoms with Crippen LogP contribution in [0.2, 0.25) is 0 Å². The Hall–Kier alpha value is -2.87. The highest BCUT2D eigenvalue weighted by molar-refractivity contribution is 6.03. The van der Waals surface area contributed by atoms with E-state index in [-0.39, 0.29) is 19.1 Å². The van der Waals surface area contributed by atoms with E-state index in [0.717, 1.165) is 0 Å². The van der Waals surface area contributed by atoms with Crippen molar-refractivity contribution in [3.63, 3.8) is 0 Å². The van der Waals surface area contributed by atoms with Crippen LogP contribution in [0.15, 0.2) is 41.9 Å². The largest absolute Gasteiger partial charge is 0.386 e. The number of aliphatic imine (C=N–C) groups is 1. The number of anilines is 1. The Labute approximate surface area is 137 Å². The summed E-state index contributed by atoms with van der Waals surface area (Å²) in [6.07, 6.45) is 4.13. The number of rotatable bonds is 3. The number of halogens is 1. The van der Waals surface area contributed by atoms with E-state index < -0.39 is 11.4 Å². The maximum Gasteiger partial charge on any atom is 0.258 e. The first-order chi connectivity index (χ1) is 11.5. The van der Waals surface area contributed by atoms with Crippen molar-refractivity contribution in [2.24, 2.45) is 10.7 Å². The molecular weight excluding hydrogens is 313 g/mol. The van der Waals surface area contributed by atoms with Crippen LogP contribution in [0.25, 0.3) is 0 Å². The summed E-state index contributed by atoms with van der Waals surface area (Å²) in [5, 5.41) is 2.69. The molecule has 1 atom stereocenters. The number of aromatic nitrogens is 2. The van der Waals surface area contributed by atoms with Gasteiger partial charge in [0.1, 0.15) is 30.1 Å². The van der Waals surface area contributed by atoms with Gasteiger partial charge in [-0.1, -0.05) is 0 Å². The number of carbonyl (C=O) groups excluding carboxylic acids is 1. The lowest BCUT2D eigenvalue weighted by molar-refractivity contribution is 0.102. The molecule has 0 bridgehead atoms. The fourth-order valence-corrected chi connectivity index (χ4v) is 2.51. The van der Waals surface area contributed by atoms with Crippen LogP contribution in [0, 0.1) is 5.82 Å². The second kappa shape index (κ2) is 6.32. The van der Waals surface area contributed by atoms with Crippen molar-refractivity contribution < 1.29 is 13.9 Å². The second-order valence-corrected chi connectivity index (χ2v) is 5.65. The Morgan fingerprint density at radius 3 is 2.83 bits per heavy atom. The van der Waals surface area contributed by atoms with Gasteiger partial charge in [0.05, 0.1) is 12.2 Å². The van der Waals surface area contributed by atoms with Gasteiger partial charge in [-0.2, -0.15) is 0 Å². The smallest absolute Gasteiger partial charge is 0.258 e. The molecule has 2 aromatic rings. The molecule has 8 heteroatoms. The highest BCUT2D eigenvalue weighted by Gasteiger charge is 2.33. The first-order valence-electron chi connectivity index (χ1n) is 7.26. The van der Waals surface area contributed by atoms with Crippen LogP contribution in [-0.4, -0.2) is 34.9 Å². The van der Waals surface area contributed by atoms with Crippen molar-refractivity contribution in [3.8, 4) is 0 Å². The Morgan fingerprint density at radius 1 is 1.38 bits per heavy atom. The van der Waals surface area contributed by atoms with Gasteiger partial charge in [-0.05, 0) is 25.1 Å². The molecule has 0 spiro atoms. The second-order valence-electron chi connectivity index (χ2n) is 5.65. The normalized spacial score (nSPS) is 20.3. The van der Waals surface area contributed by atoms with Crippen LogP contribution in [0.5, 0.6) is 0 Å². The van der Waals surface area contributed by atoms with Crippen LogP contribution in [0.3, 0.4) is 0 Å². The van der Waals surface area contributed by atoms with Crippen LogP contribution in [-0.2, 0) is 10.3 Å². The van der Waals surface area contributed by atoms with E-state index in [0.29, 0.717) is 22.6 Å². The Balaban J connectivity index is 1.90. The average molecular weight is 329 g/mol. The van der Waals surface area contributed by atoms with E-state index in [1.807, 2.05) is 0 Å². The minimum atomic E-state index is -0.941. The van der Waals surface area contributed by atoms with Crippen LogP contribution < -0.4 is 11.1 Å². The molecule has 0 fully saturated rings. The van der Waals surface area contributed by atoms with Gasteiger partial charge in [0.25, 0.3) is 5.91 Å². The molecule has 0 saturated heterocycles. The molecule has 3 N–H and O–H groups in total. The Kier molecular flexibility index (Phi) is 4.22. The standard InChI is InChI=1S/C16H16FN5O2/c1-16(8-24-7-14(18)22-16)12-4-11(2-3-13(12)17)21-15(23)10-5-19-9-20-6-10/h2-6,9H,7-8H2,1H3,(H2,18,22)(H,21,23)/t16-/m0/s1. The third kappa shape index (κ3) is 3.23. The fraction of sp³-hybridized carbons (Fsp3) is 0.250. The molecule has 1 aliphatic rings. The first kappa shape index (κ1) is 16.0. The van der Waals surface area contributed by atoms with Crippen LogP contribution in [0.1, 0.15) is 22.8 Å². The summed E-state index contributed by atoms with van der Waals surface area (Å²) in [6, 6.07) is 4.28. The summed E-state index contributed by atoms with van der Waals surface area (Å²) in [6.45, 7) is 2.16. The van der Waals surface area contributed by atoms with Gasteiger partial charge in [0.2, 0.25) is 0 Å². The van der Waals surface area contributed by atoms with Gasteiger partial charge in [0, 0.05) is 23.6 Å². The zero-order valence-electron chi connectivity index (χ0n) is 13.0. The number of nitrogens with one attached hydrogen (secondary N) is 1. The average Bonchev–Trinajstić information content (AvgIpc) is 2.57. The maximum atomic E-state index is 14.3. The van der Waals surface area contributed by atoms with Crippen LogP contribution >= 0.6 is 0 Å². The summed E-state index contributed by atoms with van der Waals surface area (Å²) in [4.78, 5) is 24.1. The molecule has 3 rings (SSSR count). The topological polar surface area (TPSA) is 102 Å². The third-order valence-electron chi connectivity index (χ3n) is 3.65. The van der Waals surface area contributed by atoms with Crippen molar-refractivity contribution in [1.29, 1.82) is 0 Å². The van der Waals surface area contributed by atoms with Crippen LogP contribution in [0.4, 0.5) is 10.1 Å². The maximum absolute atomic E-state index is 14.3. The van der Waals surface area contributed by atoms with Gasteiger partial charge >= 0.3 is 0 Å². The van der Waals surface area contributed by atoms with Crippen molar-refractivity contribution in [1.82, 2.24) is 9.97 Å². The zero-order valence-corrected chi connectivity index (χ0v) is 13.0. The van der Waals surface area contributed by atoms with E-state index >= 15 is 0 Å². The number of hydrogen-bond acceptors (Lipinski definition) is 6. The van der Waals surface area contributed by atoms with E-state index in [9.17, 15) is 9.18 Å². The van der Waals surface area contributed by atoms with Gasteiger partial charge in [-0.25, -0.2) is 14.4 Å². The molecule has 1 amide bonds. The summed E-state index contributed by atoms with van der Waals surface area (Å²) in [5.41, 5.74) is 5.80.